The maximum Gasteiger partial charge on any atom is 0.148 e. The van der Waals surface area contributed by atoms with Crippen molar-refractivity contribution < 1.29 is 0 Å². The molecule has 1 aliphatic carbocycles. The molecule has 2 fully saturated rings. The van der Waals surface area contributed by atoms with Gasteiger partial charge in [-0.05, 0) is 39.0 Å². The molecule has 104 valence electrons. The van der Waals surface area contributed by atoms with Crippen molar-refractivity contribution in [3.63, 3.8) is 0 Å². The molecule has 2 aliphatic rings. The number of nitrogens with zero attached hydrogens (tertiary/aromatic N) is 3. The minimum absolute atomic E-state index is 0.550. The van der Waals surface area contributed by atoms with Crippen LogP contribution in [0.2, 0.25) is 0 Å². The highest BCUT2D eigenvalue weighted by molar-refractivity contribution is 5.59. The summed E-state index contributed by atoms with van der Waals surface area (Å²) in [6.45, 7) is 5.42. The SMILES string of the molecule is CCC1CCCN1c1nc(C2CC2)nc(NN)c1C. The van der Waals surface area contributed by atoms with Gasteiger partial charge in [-0.15, -0.1) is 0 Å². The Balaban J connectivity index is 2.00. The number of nitrogens with two attached hydrogens (primary N) is 1. The van der Waals surface area contributed by atoms with E-state index in [0.717, 1.165) is 29.6 Å². The zero-order chi connectivity index (χ0) is 13.4. The number of nitrogens with one attached hydrogen (secondary N) is 1. The molecule has 1 saturated carbocycles. The third kappa shape index (κ3) is 2.27. The average molecular weight is 261 g/mol. The van der Waals surface area contributed by atoms with Gasteiger partial charge in [0.2, 0.25) is 0 Å². The molecule has 1 unspecified atom stereocenters. The first-order chi connectivity index (χ1) is 9.24. The molecule has 1 aliphatic heterocycles. The van der Waals surface area contributed by atoms with E-state index in [1.165, 1.54) is 32.1 Å². The van der Waals surface area contributed by atoms with Gasteiger partial charge in [0.1, 0.15) is 17.5 Å². The predicted octanol–water partition coefficient (Wildman–Crippen LogP) is 2.33. The average Bonchev–Trinajstić information content (AvgIpc) is 3.17. The van der Waals surface area contributed by atoms with Crippen molar-refractivity contribution in [2.24, 2.45) is 5.84 Å². The molecule has 3 rings (SSSR count). The van der Waals surface area contributed by atoms with E-state index in [9.17, 15) is 0 Å². The molecule has 0 aromatic carbocycles. The summed E-state index contributed by atoms with van der Waals surface area (Å²) in [5.41, 5.74) is 3.81. The lowest BCUT2D eigenvalue weighted by molar-refractivity contribution is 0.637. The summed E-state index contributed by atoms with van der Waals surface area (Å²) >= 11 is 0. The lowest BCUT2D eigenvalue weighted by atomic mass is 10.1. The molecular formula is C14H23N5. The van der Waals surface area contributed by atoms with Crippen LogP contribution in [0.15, 0.2) is 0 Å². The van der Waals surface area contributed by atoms with Crippen LogP contribution in [0.5, 0.6) is 0 Å². The fourth-order valence-electron chi connectivity index (χ4n) is 3.00. The van der Waals surface area contributed by atoms with E-state index in [0.29, 0.717) is 12.0 Å². The molecule has 5 nitrogen and oxygen atoms in total. The van der Waals surface area contributed by atoms with Crippen LogP contribution in [0, 0.1) is 6.92 Å². The van der Waals surface area contributed by atoms with Crippen LogP contribution in [0.1, 0.15) is 56.3 Å². The van der Waals surface area contributed by atoms with Gasteiger partial charge in [-0.3, -0.25) is 0 Å². The zero-order valence-electron chi connectivity index (χ0n) is 11.8. The summed E-state index contributed by atoms with van der Waals surface area (Å²) in [7, 11) is 0. The van der Waals surface area contributed by atoms with Crippen LogP contribution < -0.4 is 16.2 Å². The normalized spacial score (nSPS) is 22.9. The van der Waals surface area contributed by atoms with Crippen molar-refractivity contribution in [2.75, 3.05) is 16.9 Å². The number of hydrazine groups is 1. The van der Waals surface area contributed by atoms with Crippen LogP contribution in [-0.4, -0.2) is 22.6 Å². The summed E-state index contributed by atoms with van der Waals surface area (Å²) in [5, 5.41) is 0. The number of rotatable bonds is 4. The molecule has 1 aromatic rings. The number of hydrogen-bond donors (Lipinski definition) is 2. The van der Waals surface area contributed by atoms with Gasteiger partial charge in [-0.2, -0.15) is 0 Å². The Morgan fingerprint density at radius 3 is 2.74 bits per heavy atom. The number of aromatic nitrogens is 2. The lowest BCUT2D eigenvalue weighted by Gasteiger charge is -2.27. The zero-order valence-corrected chi connectivity index (χ0v) is 11.8. The van der Waals surface area contributed by atoms with Crippen LogP contribution in [0.25, 0.3) is 0 Å². The highest BCUT2D eigenvalue weighted by Gasteiger charge is 2.31. The summed E-state index contributed by atoms with van der Waals surface area (Å²) in [6, 6.07) is 0.617. The summed E-state index contributed by atoms with van der Waals surface area (Å²) in [4.78, 5) is 11.9. The van der Waals surface area contributed by atoms with Gasteiger partial charge in [-0.1, -0.05) is 6.92 Å². The summed E-state index contributed by atoms with van der Waals surface area (Å²) in [5.74, 6) is 9.01. The first-order valence-corrected chi connectivity index (χ1v) is 7.36. The molecule has 0 spiro atoms. The first kappa shape index (κ1) is 12.7. The second kappa shape index (κ2) is 4.96. The molecule has 1 aromatic heterocycles. The van der Waals surface area contributed by atoms with Crippen LogP contribution in [0.4, 0.5) is 11.6 Å². The van der Waals surface area contributed by atoms with Gasteiger partial charge in [0.15, 0.2) is 0 Å². The monoisotopic (exact) mass is 261 g/mol. The van der Waals surface area contributed by atoms with E-state index in [-0.39, 0.29) is 0 Å². The van der Waals surface area contributed by atoms with Crippen molar-refractivity contribution in [3.05, 3.63) is 11.4 Å². The quantitative estimate of drug-likeness (QED) is 0.643. The summed E-state index contributed by atoms with van der Waals surface area (Å²) < 4.78 is 0. The standard InChI is InChI=1S/C14H23N5/c1-3-11-5-4-8-19(11)14-9(2)12(18-15)16-13(17-14)10-6-7-10/h10-11H,3-8,15H2,1-2H3,(H,16,17,18). The Bertz CT molecular complexity index is 469. The Morgan fingerprint density at radius 2 is 2.11 bits per heavy atom. The molecule has 2 heterocycles. The molecule has 3 N–H and O–H groups in total. The molecule has 0 amide bonds. The maximum absolute atomic E-state index is 5.62. The van der Waals surface area contributed by atoms with Crippen molar-refractivity contribution in [3.8, 4) is 0 Å². The smallest absolute Gasteiger partial charge is 0.148 e. The third-order valence-electron chi connectivity index (χ3n) is 4.34. The van der Waals surface area contributed by atoms with Gasteiger partial charge in [0, 0.05) is 24.1 Å². The predicted molar refractivity (Wildman–Crippen MR) is 77.2 cm³/mol. The number of anilines is 2. The number of nitrogen functional groups attached to an aromatic ring is 1. The fourth-order valence-corrected chi connectivity index (χ4v) is 3.00. The molecule has 0 radical (unpaired) electrons. The van der Waals surface area contributed by atoms with Gasteiger partial charge in [0.05, 0.1) is 0 Å². The van der Waals surface area contributed by atoms with E-state index in [2.05, 4.69) is 29.2 Å². The largest absolute Gasteiger partial charge is 0.353 e. The first-order valence-electron chi connectivity index (χ1n) is 7.36. The lowest BCUT2D eigenvalue weighted by Crippen LogP contribution is -2.31. The minimum atomic E-state index is 0.550. The molecule has 5 heteroatoms. The van der Waals surface area contributed by atoms with Crippen molar-refractivity contribution in [1.82, 2.24) is 9.97 Å². The highest BCUT2D eigenvalue weighted by Crippen LogP contribution is 2.40. The Kier molecular flexibility index (Phi) is 3.31. The van der Waals surface area contributed by atoms with Gasteiger partial charge in [0.25, 0.3) is 0 Å². The van der Waals surface area contributed by atoms with Crippen molar-refractivity contribution in [1.29, 1.82) is 0 Å². The van der Waals surface area contributed by atoms with E-state index in [4.69, 9.17) is 10.8 Å². The molecule has 1 atom stereocenters. The van der Waals surface area contributed by atoms with Crippen LogP contribution in [-0.2, 0) is 0 Å². The second-order valence-electron chi connectivity index (χ2n) is 5.70. The number of hydrogen-bond acceptors (Lipinski definition) is 5. The topological polar surface area (TPSA) is 67.1 Å². The Labute approximate surface area is 114 Å². The molecule has 0 bridgehead atoms. The maximum atomic E-state index is 5.62. The van der Waals surface area contributed by atoms with Crippen molar-refractivity contribution in [2.45, 2.75) is 57.9 Å². The fraction of sp³-hybridized carbons (Fsp3) is 0.714. The van der Waals surface area contributed by atoms with E-state index in [1.807, 2.05) is 0 Å². The van der Waals surface area contributed by atoms with E-state index < -0.39 is 0 Å². The third-order valence-corrected chi connectivity index (χ3v) is 4.34. The molecule has 19 heavy (non-hydrogen) atoms. The second-order valence-corrected chi connectivity index (χ2v) is 5.70. The summed E-state index contributed by atoms with van der Waals surface area (Å²) in [6.07, 6.45) is 6.12. The van der Waals surface area contributed by atoms with E-state index >= 15 is 0 Å². The highest BCUT2D eigenvalue weighted by atomic mass is 15.3. The van der Waals surface area contributed by atoms with Gasteiger partial charge >= 0.3 is 0 Å². The minimum Gasteiger partial charge on any atom is -0.353 e. The van der Waals surface area contributed by atoms with Gasteiger partial charge in [-0.25, -0.2) is 15.8 Å². The van der Waals surface area contributed by atoms with Crippen molar-refractivity contribution >= 4 is 11.6 Å². The Morgan fingerprint density at radius 1 is 1.32 bits per heavy atom. The Hall–Kier alpha value is -1.36. The molecule has 1 saturated heterocycles. The van der Waals surface area contributed by atoms with E-state index in [1.54, 1.807) is 0 Å². The van der Waals surface area contributed by atoms with Crippen LogP contribution in [0.3, 0.4) is 0 Å². The van der Waals surface area contributed by atoms with Gasteiger partial charge < -0.3 is 10.3 Å². The van der Waals surface area contributed by atoms with Crippen LogP contribution >= 0.6 is 0 Å². The molecular weight excluding hydrogens is 238 g/mol.